The molecule has 1 aromatic heterocycles. The second-order valence-corrected chi connectivity index (χ2v) is 7.57. The fourth-order valence-electron chi connectivity index (χ4n) is 1.90. The number of thioether (sulfide) groups is 2. The molecule has 2 aromatic rings. The number of carbonyl (C=O) groups is 1. The smallest absolute Gasteiger partial charge is 0.251 e. The van der Waals surface area contributed by atoms with Gasteiger partial charge in [-0.25, -0.2) is 4.98 Å². The fraction of sp³-hybridized carbons (Fsp3) is 0.312. The largest absolute Gasteiger partial charge is 0.325 e. The average molecular weight is 384 g/mol. The number of nitrogens with zero attached hydrogens (tertiary/aromatic N) is 1. The van der Waals surface area contributed by atoms with Crippen molar-refractivity contribution in [3.63, 3.8) is 0 Å². The van der Waals surface area contributed by atoms with Crippen LogP contribution in [-0.2, 0) is 10.5 Å². The molecule has 0 atom stereocenters. The highest BCUT2D eigenvalue weighted by molar-refractivity contribution is 7.99. The number of benzene rings is 1. The first-order valence-electron chi connectivity index (χ1n) is 7.35. The van der Waals surface area contributed by atoms with Crippen LogP contribution in [0.2, 0.25) is 5.02 Å². The summed E-state index contributed by atoms with van der Waals surface area (Å²) in [7, 11) is 0. The third kappa shape index (κ3) is 5.58. The van der Waals surface area contributed by atoms with Gasteiger partial charge in [-0.3, -0.25) is 9.59 Å². The van der Waals surface area contributed by atoms with Gasteiger partial charge in [0.1, 0.15) is 0 Å². The Kier molecular flexibility index (Phi) is 7.20. The lowest BCUT2D eigenvalue weighted by atomic mass is 10.2. The Labute approximate surface area is 154 Å². The number of rotatable bonds is 7. The Morgan fingerprint density at radius 3 is 2.96 bits per heavy atom. The Balaban J connectivity index is 1.97. The molecule has 5 nitrogen and oxygen atoms in total. The standard InChI is InChI=1S/C16H18ClN3O2S2/c1-3-23-8-11-7-14(21)20-16(18-11)24-9-15(22)19-13-6-4-5-12(17)10(13)2/h4-7H,3,8-9H2,1-2H3,(H,19,22)(H,18,20,21). The van der Waals surface area contributed by atoms with Crippen LogP contribution in [0.3, 0.4) is 0 Å². The number of hydrogen-bond donors (Lipinski definition) is 2. The molecule has 0 radical (unpaired) electrons. The van der Waals surface area contributed by atoms with Crippen LogP contribution in [0.4, 0.5) is 5.69 Å². The molecule has 0 saturated carbocycles. The molecule has 0 aliphatic heterocycles. The first kappa shape index (κ1) is 18.9. The molecule has 1 amide bonds. The molecule has 0 aliphatic carbocycles. The molecule has 24 heavy (non-hydrogen) atoms. The molecular formula is C16H18ClN3O2S2. The van der Waals surface area contributed by atoms with E-state index in [-0.39, 0.29) is 17.2 Å². The van der Waals surface area contributed by atoms with E-state index in [0.29, 0.717) is 21.6 Å². The summed E-state index contributed by atoms with van der Waals surface area (Å²) in [6.07, 6.45) is 0. The van der Waals surface area contributed by atoms with Crippen LogP contribution < -0.4 is 10.9 Å². The number of anilines is 1. The van der Waals surface area contributed by atoms with Crippen molar-refractivity contribution >= 4 is 46.7 Å². The van der Waals surface area contributed by atoms with Crippen molar-refractivity contribution in [3.05, 3.63) is 50.9 Å². The number of hydrogen-bond acceptors (Lipinski definition) is 5. The lowest BCUT2D eigenvalue weighted by Gasteiger charge is -2.09. The fourth-order valence-corrected chi connectivity index (χ4v) is 3.33. The van der Waals surface area contributed by atoms with E-state index in [1.54, 1.807) is 30.0 Å². The Morgan fingerprint density at radius 1 is 1.42 bits per heavy atom. The highest BCUT2D eigenvalue weighted by Crippen LogP contribution is 2.23. The van der Waals surface area contributed by atoms with Gasteiger partial charge in [-0.1, -0.05) is 36.4 Å². The summed E-state index contributed by atoms with van der Waals surface area (Å²) in [5.41, 5.74) is 2.02. The molecule has 128 valence electrons. The van der Waals surface area contributed by atoms with Crippen LogP contribution in [0.15, 0.2) is 34.2 Å². The number of amides is 1. The summed E-state index contributed by atoms with van der Waals surface area (Å²) < 4.78 is 0. The molecule has 0 fully saturated rings. The topological polar surface area (TPSA) is 74.8 Å². The van der Waals surface area contributed by atoms with Gasteiger partial charge in [0.05, 0.1) is 11.4 Å². The van der Waals surface area contributed by atoms with Gasteiger partial charge in [-0.05, 0) is 30.4 Å². The third-order valence-corrected chi connectivity index (χ3v) is 5.30. The van der Waals surface area contributed by atoms with Crippen LogP contribution in [0, 0.1) is 6.92 Å². The van der Waals surface area contributed by atoms with Crippen LogP contribution in [0.5, 0.6) is 0 Å². The normalized spacial score (nSPS) is 10.6. The van der Waals surface area contributed by atoms with Gasteiger partial charge >= 0.3 is 0 Å². The maximum atomic E-state index is 12.1. The average Bonchev–Trinajstić information content (AvgIpc) is 2.55. The van der Waals surface area contributed by atoms with Crippen LogP contribution in [0.25, 0.3) is 0 Å². The van der Waals surface area contributed by atoms with Gasteiger partial charge in [0.25, 0.3) is 5.56 Å². The van der Waals surface area contributed by atoms with E-state index in [2.05, 4.69) is 22.2 Å². The van der Waals surface area contributed by atoms with Crippen molar-refractivity contribution in [1.82, 2.24) is 9.97 Å². The van der Waals surface area contributed by atoms with Gasteiger partial charge in [-0.15, -0.1) is 0 Å². The minimum atomic E-state index is -0.203. The summed E-state index contributed by atoms with van der Waals surface area (Å²) in [5.74, 6) is 1.61. The molecule has 8 heteroatoms. The highest BCUT2D eigenvalue weighted by Gasteiger charge is 2.09. The Hall–Kier alpha value is -1.44. The number of aromatic amines is 1. The molecule has 0 spiro atoms. The first-order chi connectivity index (χ1) is 11.5. The Morgan fingerprint density at radius 2 is 2.21 bits per heavy atom. The lowest BCUT2D eigenvalue weighted by Crippen LogP contribution is -2.16. The zero-order valence-electron chi connectivity index (χ0n) is 13.4. The number of H-pyrrole nitrogens is 1. The molecule has 2 N–H and O–H groups in total. The summed E-state index contributed by atoms with van der Waals surface area (Å²) in [5, 5.41) is 3.87. The van der Waals surface area contributed by atoms with Gasteiger partial charge in [0, 0.05) is 22.5 Å². The molecule has 2 rings (SSSR count). The van der Waals surface area contributed by atoms with Crippen LogP contribution in [-0.4, -0.2) is 27.4 Å². The predicted molar refractivity (Wildman–Crippen MR) is 102 cm³/mol. The van der Waals surface area contributed by atoms with Crippen molar-refractivity contribution in [2.75, 3.05) is 16.8 Å². The van der Waals surface area contributed by atoms with Crippen LogP contribution >= 0.6 is 35.1 Å². The monoisotopic (exact) mass is 383 g/mol. The molecule has 1 aromatic carbocycles. The maximum absolute atomic E-state index is 12.1. The second-order valence-electron chi connectivity index (χ2n) is 4.93. The van der Waals surface area contributed by atoms with Crippen molar-refractivity contribution in [2.24, 2.45) is 0 Å². The second kappa shape index (κ2) is 9.15. The van der Waals surface area contributed by atoms with Crippen molar-refractivity contribution in [1.29, 1.82) is 0 Å². The summed E-state index contributed by atoms with van der Waals surface area (Å²) in [6.45, 7) is 3.90. The van der Waals surface area contributed by atoms with E-state index >= 15 is 0 Å². The van der Waals surface area contributed by atoms with Gasteiger partial charge in [0.15, 0.2) is 5.16 Å². The third-order valence-electron chi connectivity index (χ3n) is 3.11. The van der Waals surface area contributed by atoms with Crippen molar-refractivity contribution < 1.29 is 4.79 Å². The SMILES string of the molecule is CCSCc1cc(=O)[nH]c(SCC(=O)Nc2cccc(Cl)c2C)n1. The van der Waals surface area contributed by atoms with Gasteiger partial charge in [-0.2, -0.15) is 11.8 Å². The van der Waals surface area contributed by atoms with Crippen molar-refractivity contribution in [2.45, 2.75) is 24.8 Å². The molecule has 1 heterocycles. The maximum Gasteiger partial charge on any atom is 0.251 e. The molecular weight excluding hydrogens is 366 g/mol. The quantitative estimate of drug-likeness (QED) is 0.563. The molecule has 0 unspecified atom stereocenters. The zero-order chi connectivity index (χ0) is 17.5. The number of nitrogens with one attached hydrogen (secondary N) is 2. The lowest BCUT2D eigenvalue weighted by molar-refractivity contribution is -0.113. The van der Waals surface area contributed by atoms with E-state index < -0.39 is 0 Å². The van der Waals surface area contributed by atoms with Crippen LogP contribution in [0.1, 0.15) is 18.2 Å². The molecule has 0 saturated heterocycles. The van der Waals surface area contributed by atoms with Gasteiger partial charge < -0.3 is 10.3 Å². The first-order valence-corrected chi connectivity index (χ1v) is 9.87. The predicted octanol–water partition coefficient (Wildman–Crippen LogP) is 3.72. The number of aromatic nitrogens is 2. The van der Waals surface area contributed by atoms with E-state index in [1.807, 2.05) is 6.92 Å². The highest BCUT2D eigenvalue weighted by atomic mass is 35.5. The summed E-state index contributed by atoms with van der Waals surface area (Å²) >= 11 is 8.93. The minimum Gasteiger partial charge on any atom is -0.325 e. The van der Waals surface area contributed by atoms with E-state index in [4.69, 9.17) is 11.6 Å². The molecule has 0 bridgehead atoms. The number of carbonyl (C=O) groups excluding carboxylic acids is 1. The summed E-state index contributed by atoms with van der Waals surface area (Å²) in [6, 6.07) is 6.84. The summed E-state index contributed by atoms with van der Waals surface area (Å²) in [4.78, 5) is 30.8. The van der Waals surface area contributed by atoms with E-state index in [9.17, 15) is 9.59 Å². The van der Waals surface area contributed by atoms with E-state index in [0.717, 1.165) is 17.0 Å². The van der Waals surface area contributed by atoms with Crippen molar-refractivity contribution in [3.8, 4) is 0 Å². The zero-order valence-corrected chi connectivity index (χ0v) is 15.8. The van der Waals surface area contributed by atoms with Gasteiger partial charge in [0.2, 0.25) is 5.91 Å². The number of halogens is 1. The minimum absolute atomic E-state index is 0.152. The van der Waals surface area contributed by atoms with E-state index in [1.165, 1.54) is 17.8 Å². The Bertz CT molecular complexity index is 780. The molecule has 0 aliphatic rings.